The average molecular weight is 359 g/mol. The molecule has 4 N–H and O–H groups in total. The van der Waals surface area contributed by atoms with Gasteiger partial charge in [-0.05, 0) is 44.2 Å². The van der Waals surface area contributed by atoms with Crippen molar-refractivity contribution in [3.8, 4) is 5.75 Å². The third-order valence-corrected chi connectivity index (χ3v) is 5.76. The molecule has 2 bridgehead atoms. The number of carbonyl (C=O) groups is 1. The Morgan fingerprint density at radius 2 is 2.00 bits per heavy atom. The molecule has 0 aliphatic heterocycles. The summed E-state index contributed by atoms with van der Waals surface area (Å²) in [5.41, 5.74) is 5.37. The lowest BCUT2D eigenvalue weighted by molar-refractivity contribution is -0.131. The quantitative estimate of drug-likeness (QED) is 0.770. The van der Waals surface area contributed by atoms with E-state index in [1.165, 1.54) is 0 Å². The van der Waals surface area contributed by atoms with E-state index in [2.05, 4.69) is 5.32 Å². The Hall–Kier alpha value is -1.01. The summed E-state index contributed by atoms with van der Waals surface area (Å²) in [5.74, 6) is 0.211. The molecule has 0 radical (unpaired) electrons. The molecule has 1 atom stereocenters. The van der Waals surface area contributed by atoms with Gasteiger partial charge in [-0.25, -0.2) is 0 Å². The van der Waals surface area contributed by atoms with Gasteiger partial charge in [0.1, 0.15) is 5.75 Å². The first-order valence-electron chi connectivity index (χ1n) is 7.68. The van der Waals surface area contributed by atoms with Gasteiger partial charge < -0.3 is 20.9 Å². The molecule has 1 amide bonds. The van der Waals surface area contributed by atoms with E-state index >= 15 is 0 Å². The summed E-state index contributed by atoms with van der Waals surface area (Å²) in [7, 11) is 0. The number of aliphatic hydroxyl groups excluding tert-OH is 1. The van der Waals surface area contributed by atoms with E-state index in [4.69, 9.17) is 33.7 Å². The van der Waals surface area contributed by atoms with Crippen molar-refractivity contribution in [3.63, 3.8) is 0 Å². The van der Waals surface area contributed by atoms with Gasteiger partial charge in [0.2, 0.25) is 0 Å². The fourth-order valence-electron chi connectivity index (χ4n) is 3.55. The smallest absolute Gasteiger partial charge is 0.258 e. The second-order valence-electron chi connectivity index (χ2n) is 6.65. The van der Waals surface area contributed by atoms with Gasteiger partial charge in [-0.2, -0.15) is 0 Å². The van der Waals surface area contributed by atoms with E-state index in [9.17, 15) is 9.90 Å². The summed E-state index contributed by atoms with van der Waals surface area (Å²) in [6.45, 7) is -0.139. The molecule has 1 aromatic carbocycles. The number of amides is 1. The minimum absolute atomic E-state index is 0.139. The first-order valence-corrected chi connectivity index (χ1v) is 8.43. The van der Waals surface area contributed by atoms with Crippen LogP contribution in [0.25, 0.3) is 0 Å². The Balaban J connectivity index is 1.58. The van der Waals surface area contributed by atoms with Crippen LogP contribution in [0.3, 0.4) is 0 Å². The van der Waals surface area contributed by atoms with Crippen LogP contribution in [0.1, 0.15) is 32.1 Å². The van der Waals surface area contributed by atoms with Crippen LogP contribution in [-0.4, -0.2) is 34.8 Å². The molecule has 3 aliphatic rings. The van der Waals surface area contributed by atoms with Crippen molar-refractivity contribution in [3.05, 3.63) is 28.2 Å². The lowest BCUT2D eigenvalue weighted by Crippen LogP contribution is -2.69. The third kappa shape index (κ3) is 3.43. The van der Waals surface area contributed by atoms with Gasteiger partial charge in [0.15, 0.2) is 6.61 Å². The van der Waals surface area contributed by atoms with Crippen LogP contribution in [0.15, 0.2) is 18.2 Å². The molecule has 3 aliphatic carbocycles. The van der Waals surface area contributed by atoms with E-state index in [-0.39, 0.29) is 18.1 Å². The first-order chi connectivity index (χ1) is 10.8. The lowest BCUT2D eigenvalue weighted by Gasteiger charge is -2.54. The van der Waals surface area contributed by atoms with Gasteiger partial charge in [-0.15, -0.1) is 0 Å². The zero-order valence-electron chi connectivity index (χ0n) is 12.6. The molecule has 4 rings (SSSR count). The molecule has 3 saturated carbocycles. The van der Waals surface area contributed by atoms with Gasteiger partial charge in [-0.3, -0.25) is 4.79 Å². The highest BCUT2D eigenvalue weighted by Crippen LogP contribution is 2.45. The largest absolute Gasteiger partial charge is 0.484 e. The van der Waals surface area contributed by atoms with Crippen molar-refractivity contribution in [2.24, 2.45) is 5.73 Å². The summed E-state index contributed by atoms with van der Waals surface area (Å²) in [6.07, 6.45) is 2.95. The molecule has 1 unspecified atom stereocenters. The van der Waals surface area contributed by atoms with Gasteiger partial charge in [0.25, 0.3) is 5.91 Å². The molecule has 0 saturated heterocycles. The van der Waals surface area contributed by atoms with Gasteiger partial charge in [0.05, 0.1) is 21.7 Å². The van der Waals surface area contributed by atoms with Crippen LogP contribution in [-0.2, 0) is 4.79 Å². The van der Waals surface area contributed by atoms with Gasteiger partial charge in [0, 0.05) is 11.6 Å². The number of aliphatic hydroxyl groups is 1. The van der Waals surface area contributed by atoms with Gasteiger partial charge >= 0.3 is 0 Å². The summed E-state index contributed by atoms with van der Waals surface area (Å²) in [5, 5.41) is 14.1. The third-order valence-electron chi connectivity index (χ3n) is 5.03. The fraction of sp³-hybridized carbons (Fsp3) is 0.562. The maximum absolute atomic E-state index is 12.2. The monoisotopic (exact) mass is 358 g/mol. The summed E-state index contributed by atoms with van der Waals surface area (Å²) in [4.78, 5) is 12.2. The standard InChI is InChI=1S/C16H20Cl2N2O3/c17-11-2-1-10(7-12(11)18)23-9-14(22)20-16-5-3-15(19,4-6-16)8-13(16)21/h1-2,7,13,21H,3-6,8-9,19H2,(H,20,22). The molecule has 5 nitrogen and oxygen atoms in total. The zero-order chi connectivity index (χ0) is 16.7. The predicted octanol–water partition coefficient (Wildman–Crippen LogP) is 2.26. The highest BCUT2D eigenvalue weighted by atomic mass is 35.5. The summed E-state index contributed by atoms with van der Waals surface area (Å²) in [6, 6.07) is 4.83. The second kappa shape index (κ2) is 6.13. The average Bonchev–Trinajstić information content (AvgIpc) is 2.50. The number of rotatable bonds is 4. The van der Waals surface area contributed by atoms with Crippen LogP contribution in [0.2, 0.25) is 10.0 Å². The number of benzene rings is 1. The number of fused-ring (bicyclic) bond motifs is 3. The normalized spacial score (nSPS) is 32.6. The Morgan fingerprint density at radius 1 is 1.30 bits per heavy atom. The van der Waals surface area contributed by atoms with E-state index < -0.39 is 11.6 Å². The van der Waals surface area contributed by atoms with Crippen molar-refractivity contribution >= 4 is 29.1 Å². The van der Waals surface area contributed by atoms with Crippen molar-refractivity contribution in [2.45, 2.75) is 49.3 Å². The van der Waals surface area contributed by atoms with Crippen LogP contribution in [0.5, 0.6) is 5.75 Å². The predicted molar refractivity (Wildman–Crippen MR) is 88.8 cm³/mol. The maximum Gasteiger partial charge on any atom is 0.258 e. The number of halogens is 2. The minimum Gasteiger partial charge on any atom is -0.484 e. The number of carbonyl (C=O) groups excluding carboxylic acids is 1. The Kier molecular flexibility index (Phi) is 4.49. The number of nitrogens with one attached hydrogen (secondary N) is 1. The van der Waals surface area contributed by atoms with Crippen molar-refractivity contribution in [1.82, 2.24) is 5.32 Å². The van der Waals surface area contributed by atoms with Crippen LogP contribution >= 0.6 is 23.2 Å². The minimum atomic E-state index is -0.607. The van der Waals surface area contributed by atoms with Gasteiger partial charge in [-0.1, -0.05) is 23.2 Å². The number of hydrogen-bond acceptors (Lipinski definition) is 4. The number of ether oxygens (including phenoxy) is 1. The molecule has 0 heterocycles. The van der Waals surface area contributed by atoms with E-state index in [0.29, 0.717) is 35.1 Å². The van der Waals surface area contributed by atoms with Crippen molar-refractivity contribution < 1.29 is 14.6 Å². The van der Waals surface area contributed by atoms with Crippen molar-refractivity contribution in [1.29, 1.82) is 0 Å². The molecular weight excluding hydrogens is 339 g/mol. The zero-order valence-corrected chi connectivity index (χ0v) is 14.2. The molecule has 126 valence electrons. The SMILES string of the molecule is NC12CCC(NC(=O)COc3ccc(Cl)c(Cl)c3)(CC1)C(O)C2. The molecule has 7 heteroatoms. The Morgan fingerprint density at radius 3 is 2.61 bits per heavy atom. The molecule has 23 heavy (non-hydrogen) atoms. The number of hydrogen-bond donors (Lipinski definition) is 3. The fourth-order valence-corrected chi connectivity index (χ4v) is 3.84. The molecular formula is C16H20Cl2N2O3. The molecule has 1 aromatic rings. The summed E-state index contributed by atoms with van der Waals surface area (Å²) >= 11 is 11.7. The topological polar surface area (TPSA) is 84.6 Å². The molecule has 0 spiro atoms. The van der Waals surface area contributed by atoms with Crippen LogP contribution in [0, 0.1) is 0 Å². The van der Waals surface area contributed by atoms with Crippen LogP contribution < -0.4 is 15.8 Å². The first kappa shape index (κ1) is 16.8. The maximum atomic E-state index is 12.2. The number of nitrogens with two attached hydrogens (primary N) is 1. The van der Waals surface area contributed by atoms with Crippen LogP contribution in [0.4, 0.5) is 0 Å². The lowest BCUT2D eigenvalue weighted by atomic mass is 9.60. The van der Waals surface area contributed by atoms with E-state index in [1.54, 1.807) is 18.2 Å². The Labute approximate surface area is 145 Å². The van der Waals surface area contributed by atoms with E-state index in [1.807, 2.05) is 0 Å². The highest BCUT2D eigenvalue weighted by Gasteiger charge is 2.53. The second-order valence-corrected chi connectivity index (χ2v) is 7.47. The Bertz CT molecular complexity index is 615. The van der Waals surface area contributed by atoms with Crippen molar-refractivity contribution in [2.75, 3.05) is 6.61 Å². The highest BCUT2D eigenvalue weighted by molar-refractivity contribution is 6.42. The molecule has 3 fully saturated rings. The summed E-state index contributed by atoms with van der Waals surface area (Å²) < 4.78 is 5.44. The molecule has 0 aromatic heterocycles. The van der Waals surface area contributed by atoms with E-state index in [0.717, 1.165) is 12.8 Å².